The quantitative estimate of drug-likeness (QED) is 0.632. The van der Waals surface area contributed by atoms with Crippen LogP contribution in [-0.4, -0.2) is 59.3 Å². The Balaban J connectivity index is 1.30. The minimum atomic E-state index is -0.0980. The number of benzene rings is 1. The Bertz CT molecular complexity index is 1140. The topological polar surface area (TPSA) is 78.7 Å². The van der Waals surface area contributed by atoms with Crippen LogP contribution in [0.15, 0.2) is 34.1 Å². The molecule has 0 saturated carbocycles. The van der Waals surface area contributed by atoms with Crippen molar-refractivity contribution in [2.45, 2.75) is 27.7 Å². The average molecular weight is 453 g/mol. The second-order valence-corrected chi connectivity index (χ2v) is 9.17. The summed E-state index contributed by atoms with van der Waals surface area (Å²) < 4.78 is 5.44. The lowest BCUT2D eigenvalue weighted by molar-refractivity contribution is -0.117. The van der Waals surface area contributed by atoms with Crippen molar-refractivity contribution >= 4 is 28.3 Å². The SMILES string of the molecule is Cc1ccc(C(=O)N2CCN(CC(=O)Nc3nc(-c4cc(C)c(C)cc4C)cs3)CC2)o1. The zero-order chi connectivity index (χ0) is 22.8. The van der Waals surface area contributed by atoms with Gasteiger partial charge in [-0.3, -0.25) is 14.5 Å². The molecule has 3 heterocycles. The number of hydrogen-bond acceptors (Lipinski definition) is 6. The smallest absolute Gasteiger partial charge is 0.289 e. The van der Waals surface area contributed by atoms with E-state index < -0.39 is 0 Å². The Morgan fingerprint density at radius 1 is 1.03 bits per heavy atom. The molecule has 2 amide bonds. The van der Waals surface area contributed by atoms with Gasteiger partial charge in [-0.1, -0.05) is 6.07 Å². The van der Waals surface area contributed by atoms with Gasteiger partial charge in [0.25, 0.3) is 5.91 Å². The van der Waals surface area contributed by atoms with Crippen LogP contribution in [-0.2, 0) is 4.79 Å². The highest BCUT2D eigenvalue weighted by atomic mass is 32.1. The van der Waals surface area contributed by atoms with E-state index in [-0.39, 0.29) is 18.4 Å². The summed E-state index contributed by atoms with van der Waals surface area (Å²) >= 11 is 1.43. The molecule has 8 heteroatoms. The maximum atomic E-state index is 12.6. The lowest BCUT2D eigenvalue weighted by Gasteiger charge is -2.33. The van der Waals surface area contributed by atoms with Crippen LogP contribution in [0.25, 0.3) is 11.3 Å². The zero-order valence-corrected chi connectivity index (χ0v) is 19.7. The number of piperazine rings is 1. The first-order chi connectivity index (χ1) is 15.3. The summed E-state index contributed by atoms with van der Waals surface area (Å²) in [7, 11) is 0. The number of thiazole rings is 1. The lowest BCUT2D eigenvalue weighted by atomic mass is 9.99. The molecule has 0 spiro atoms. The van der Waals surface area contributed by atoms with E-state index >= 15 is 0 Å². The van der Waals surface area contributed by atoms with E-state index in [1.165, 1.54) is 28.0 Å². The molecule has 1 fully saturated rings. The van der Waals surface area contributed by atoms with Crippen LogP contribution in [0.5, 0.6) is 0 Å². The van der Waals surface area contributed by atoms with E-state index in [0.717, 1.165) is 17.0 Å². The van der Waals surface area contributed by atoms with Crippen LogP contribution < -0.4 is 5.32 Å². The molecule has 0 bridgehead atoms. The first-order valence-electron chi connectivity index (χ1n) is 10.7. The van der Waals surface area contributed by atoms with Gasteiger partial charge < -0.3 is 14.6 Å². The lowest BCUT2D eigenvalue weighted by Crippen LogP contribution is -2.50. The number of hydrogen-bond donors (Lipinski definition) is 1. The van der Waals surface area contributed by atoms with E-state index in [1.54, 1.807) is 17.0 Å². The third-order valence-corrected chi connectivity index (χ3v) is 6.60. The van der Waals surface area contributed by atoms with Gasteiger partial charge in [-0.05, 0) is 62.6 Å². The molecular formula is C24H28N4O3S. The maximum Gasteiger partial charge on any atom is 0.289 e. The van der Waals surface area contributed by atoms with Crippen molar-refractivity contribution in [3.8, 4) is 11.3 Å². The number of rotatable bonds is 5. The first kappa shape index (κ1) is 22.2. The van der Waals surface area contributed by atoms with Gasteiger partial charge in [0.15, 0.2) is 10.9 Å². The molecule has 0 unspecified atom stereocenters. The van der Waals surface area contributed by atoms with Gasteiger partial charge in [0.05, 0.1) is 12.2 Å². The van der Waals surface area contributed by atoms with Gasteiger partial charge in [0, 0.05) is 37.1 Å². The highest BCUT2D eigenvalue weighted by Gasteiger charge is 2.25. The fraction of sp³-hybridized carbons (Fsp3) is 0.375. The minimum Gasteiger partial charge on any atom is -0.456 e. The Hall–Kier alpha value is -2.97. The van der Waals surface area contributed by atoms with E-state index in [2.05, 4.69) is 48.1 Å². The molecule has 1 aromatic carbocycles. The molecule has 1 saturated heterocycles. The van der Waals surface area contributed by atoms with Crippen molar-refractivity contribution in [3.63, 3.8) is 0 Å². The van der Waals surface area contributed by atoms with Crippen molar-refractivity contribution < 1.29 is 14.0 Å². The summed E-state index contributed by atoms with van der Waals surface area (Å²) in [5, 5.41) is 5.50. The molecular weight excluding hydrogens is 424 g/mol. The normalized spacial score (nSPS) is 14.6. The fourth-order valence-corrected chi connectivity index (χ4v) is 4.59. The first-order valence-corrected chi connectivity index (χ1v) is 11.6. The molecule has 2 aromatic heterocycles. The average Bonchev–Trinajstić information content (AvgIpc) is 3.40. The standard InChI is InChI=1S/C24H28N4O3S/c1-15-11-17(3)19(12-16(15)2)20-14-32-24(25-20)26-22(29)13-27-7-9-28(10-8-27)23(30)21-6-5-18(4)31-21/h5-6,11-12,14H,7-10,13H2,1-4H3,(H,25,26,29). The van der Waals surface area contributed by atoms with Gasteiger partial charge in [-0.2, -0.15) is 0 Å². The molecule has 1 aliphatic rings. The van der Waals surface area contributed by atoms with Gasteiger partial charge in [0.1, 0.15) is 5.76 Å². The molecule has 7 nitrogen and oxygen atoms in total. The van der Waals surface area contributed by atoms with E-state index in [4.69, 9.17) is 4.42 Å². The number of carbonyl (C=O) groups is 2. The molecule has 1 aliphatic heterocycles. The molecule has 4 rings (SSSR count). The maximum absolute atomic E-state index is 12.6. The predicted octanol–water partition coefficient (Wildman–Crippen LogP) is 4.03. The van der Waals surface area contributed by atoms with Gasteiger partial charge in [-0.25, -0.2) is 4.98 Å². The number of nitrogens with zero attached hydrogens (tertiary/aromatic N) is 3. The summed E-state index contributed by atoms with van der Waals surface area (Å²) in [5.74, 6) is 0.900. The Morgan fingerprint density at radius 2 is 1.75 bits per heavy atom. The molecule has 32 heavy (non-hydrogen) atoms. The number of furan rings is 1. The van der Waals surface area contributed by atoms with Gasteiger partial charge in [-0.15, -0.1) is 11.3 Å². The van der Waals surface area contributed by atoms with Crippen LogP contribution >= 0.6 is 11.3 Å². The third-order valence-electron chi connectivity index (χ3n) is 5.85. The van der Waals surface area contributed by atoms with E-state index in [0.29, 0.717) is 37.1 Å². The summed E-state index contributed by atoms with van der Waals surface area (Å²) in [4.78, 5) is 33.5. The van der Waals surface area contributed by atoms with Gasteiger partial charge in [0.2, 0.25) is 5.91 Å². The second kappa shape index (κ2) is 9.26. The Labute approximate surface area is 192 Å². The molecule has 3 aromatic rings. The van der Waals surface area contributed by atoms with E-state index in [1.807, 2.05) is 12.3 Å². The minimum absolute atomic E-state index is 0.0934. The van der Waals surface area contributed by atoms with Crippen LogP contribution in [0.3, 0.4) is 0 Å². The summed E-state index contributed by atoms with van der Waals surface area (Å²) in [6, 6.07) is 7.81. The highest BCUT2D eigenvalue weighted by Crippen LogP contribution is 2.29. The Morgan fingerprint density at radius 3 is 2.44 bits per heavy atom. The summed E-state index contributed by atoms with van der Waals surface area (Å²) in [6.07, 6.45) is 0. The van der Waals surface area contributed by atoms with Crippen molar-refractivity contribution in [1.82, 2.24) is 14.8 Å². The van der Waals surface area contributed by atoms with Crippen molar-refractivity contribution in [2.24, 2.45) is 0 Å². The fourth-order valence-electron chi connectivity index (χ4n) is 3.87. The number of amides is 2. The summed E-state index contributed by atoms with van der Waals surface area (Å²) in [6.45, 7) is 10.8. The monoisotopic (exact) mass is 452 g/mol. The largest absolute Gasteiger partial charge is 0.456 e. The molecule has 168 valence electrons. The van der Waals surface area contributed by atoms with Crippen LogP contribution in [0.1, 0.15) is 33.0 Å². The zero-order valence-electron chi connectivity index (χ0n) is 18.9. The molecule has 0 atom stereocenters. The van der Waals surface area contributed by atoms with Crippen LogP contribution in [0.4, 0.5) is 5.13 Å². The second-order valence-electron chi connectivity index (χ2n) is 8.32. The molecule has 1 N–H and O–H groups in total. The van der Waals surface area contributed by atoms with Crippen LogP contribution in [0, 0.1) is 27.7 Å². The third kappa shape index (κ3) is 4.92. The van der Waals surface area contributed by atoms with Crippen LogP contribution in [0.2, 0.25) is 0 Å². The van der Waals surface area contributed by atoms with Crippen molar-refractivity contribution in [1.29, 1.82) is 0 Å². The number of aromatic nitrogens is 1. The predicted molar refractivity (Wildman–Crippen MR) is 126 cm³/mol. The molecule has 0 radical (unpaired) electrons. The number of anilines is 1. The van der Waals surface area contributed by atoms with Crippen molar-refractivity contribution in [2.75, 3.05) is 38.0 Å². The Kier molecular flexibility index (Phi) is 6.43. The van der Waals surface area contributed by atoms with E-state index in [9.17, 15) is 9.59 Å². The van der Waals surface area contributed by atoms with Crippen molar-refractivity contribution in [3.05, 3.63) is 57.9 Å². The van der Waals surface area contributed by atoms with Gasteiger partial charge >= 0.3 is 0 Å². The number of aryl methyl sites for hydroxylation is 4. The molecule has 0 aliphatic carbocycles. The number of carbonyl (C=O) groups excluding carboxylic acids is 2. The summed E-state index contributed by atoms with van der Waals surface area (Å²) in [5.41, 5.74) is 5.64. The number of nitrogens with one attached hydrogen (secondary N) is 1. The highest BCUT2D eigenvalue weighted by molar-refractivity contribution is 7.14.